The first-order valence-electron chi connectivity index (χ1n) is 1.95. The molecule has 1 rings (SSSR count). The molecular formula is C4H2Cl2SSi. The van der Waals surface area contributed by atoms with Gasteiger partial charge < -0.3 is 0 Å². The van der Waals surface area contributed by atoms with Gasteiger partial charge in [0.2, 0.25) is 8.83 Å². The lowest BCUT2D eigenvalue weighted by Crippen LogP contribution is -1.99. The van der Waals surface area contributed by atoms with Crippen molar-refractivity contribution in [3.63, 3.8) is 0 Å². The van der Waals surface area contributed by atoms with Crippen molar-refractivity contribution in [2.45, 2.75) is 0 Å². The van der Waals surface area contributed by atoms with Crippen LogP contribution >= 0.6 is 34.0 Å². The molecule has 0 unspecified atom stereocenters. The van der Waals surface area contributed by atoms with Crippen molar-refractivity contribution < 1.29 is 0 Å². The van der Waals surface area contributed by atoms with Gasteiger partial charge in [-0.1, -0.05) is 11.6 Å². The second kappa shape index (κ2) is 2.87. The van der Waals surface area contributed by atoms with E-state index in [1.165, 1.54) is 11.3 Å². The first-order chi connectivity index (χ1) is 3.83. The molecule has 1 aromatic heterocycles. The molecule has 0 amide bonds. The summed E-state index contributed by atoms with van der Waals surface area (Å²) in [5, 5.41) is 0. The molecule has 0 nitrogen and oxygen atoms in total. The van der Waals surface area contributed by atoms with Crippen molar-refractivity contribution in [2.24, 2.45) is 0 Å². The smallest absolute Gasteiger partial charge is 0.164 e. The Labute approximate surface area is 64.0 Å². The molecule has 0 atom stereocenters. The van der Waals surface area contributed by atoms with Crippen LogP contribution in [0.25, 0.3) is 0 Å². The zero-order valence-corrected chi connectivity index (χ0v) is 7.15. The van der Waals surface area contributed by atoms with Gasteiger partial charge in [-0.05, 0) is 12.1 Å². The number of rotatable bonds is 1. The van der Waals surface area contributed by atoms with Crippen molar-refractivity contribution in [3.8, 4) is 0 Å². The summed E-state index contributed by atoms with van der Waals surface area (Å²) in [6, 6.07) is 3.80. The Morgan fingerprint density at radius 1 is 1.50 bits per heavy atom. The lowest BCUT2D eigenvalue weighted by atomic mass is 10.7. The highest BCUT2D eigenvalue weighted by Crippen LogP contribution is 2.12. The molecule has 0 aliphatic heterocycles. The summed E-state index contributed by atoms with van der Waals surface area (Å²) in [6.45, 7) is 0. The fourth-order valence-electron chi connectivity index (χ4n) is 0.365. The van der Waals surface area contributed by atoms with Crippen molar-refractivity contribution in [2.75, 3.05) is 0 Å². The summed E-state index contributed by atoms with van der Waals surface area (Å²) in [5.41, 5.74) is 0. The van der Waals surface area contributed by atoms with Gasteiger partial charge in [0, 0.05) is 4.50 Å². The molecule has 0 aliphatic carbocycles. The van der Waals surface area contributed by atoms with Gasteiger partial charge in [0.15, 0.2) is 0 Å². The molecule has 0 N–H and O–H groups in total. The van der Waals surface area contributed by atoms with E-state index in [2.05, 4.69) is 0 Å². The largest absolute Gasteiger partial charge is 0.222 e. The third kappa shape index (κ3) is 1.49. The normalized spacial score (nSPS) is 9.75. The van der Waals surface area contributed by atoms with E-state index in [0.717, 1.165) is 8.84 Å². The summed E-state index contributed by atoms with van der Waals surface area (Å²) in [6.07, 6.45) is 0. The molecule has 8 heavy (non-hydrogen) atoms. The minimum absolute atomic E-state index is 0.357. The summed E-state index contributed by atoms with van der Waals surface area (Å²) >= 11 is 12.7. The molecule has 0 spiro atoms. The molecule has 0 saturated heterocycles. The Kier molecular flexibility index (Phi) is 2.37. The zero-order chi connectivity index (χ0) is 5.98. The van der Waals surface area contributed by atoms with Crippen LogP contribution in [0, 0.1) is 0 Å². The average molecular weight is 181 g/mol. The fourth-order valence-corrected chi connectivity index (χ4v) is 2.52. The van der Waals surface area contributed by atoms with Crippen LogP contribution in [0.1, 0.15) is 0 Å². The maximum atomic E-state index is 5.60. The Bertz CT molecular complexity index is 174. The molecule has 0 fully saturated rings. The summed E-state index contributed by atoms with van der Waals surface area (Å²) < 4.78 is 1.96. The van der Waals surface area contributed by atoms with Gasteiger partial charge >= 0.3 is 0 Å². The second-order valence-electron chi connectivity index (χ2n) is 1.20. The molecule has 0 aromatic carbocycles. The number of hydrogen-bond acceptors (Lipinski definition) is 1. The van der Waals surface area contributed by atoms with Gasteiger partial charge in [0.05, 0.1) is 4.34 Å². The first-order valence-corrected chi connectivity index (χ1v) is 5.15. The Hall–Kier alpha value is 0.497. The van der Waals surface area contributed by atoms with Crippen LogP contribution in [0.15, 0.2) is 12.1 Å². The van der Waals surface area contributed by atoms with E-state index in [9.17, 15) is 0 Å². The monoisotopic (exact) mass is 180 g/mol. The van der Waals surface area contributed by atoms with Gasteiger partial charge in [-0.15, -0.1) is 11.3 Å². The molecule has 0 saturated carbocycles. The topological polar surface area (TPSA) is 0 Å². The van der Waals surface area contributed by atoms with Gasteiger partial charge in [0.1, 0.15) is 0 Å². The summed E-state index contributed by atoms with van der Waals surface area (Å²) in [7, 11) is 0.357. The van der Waals surface area contributed by atoms with Crippen LogP contribution < -0.4 is 4.50 Å². The first kappa shape index (κ1) is 6.61. The van der Waals surface area contributed by atoms with Crippen molar-refractivity contribution in [1.82, 2.24) is 0 Å². The van der Waals surface area contributed by atoms with Crippen molar-refractivity contribution in [3.05, 3.63) is 16.5 Å². The predicted molar refractivity (Wildman–Crippen MR) is 40.6 cm³/mol. The molecule has 4 heteroatoms. The Balaban J connectivity index is 2.84. The molecule has 2 radical (unpaired) electrons. The number of hydrogen-bond donors (Lipinski definition) is 0. The molecule has 42 valence electrons. The highest BCUT2D eigenvalue weighted by molar-refractivity contribution is 7.29. The predicted octanol–water partition coefficient (Wildman–Crippen LogP) is 1.88. The van der Waals surface area contributed by atoms with Crippen LogP contribution in [0.4, 0.5) is 0 Å². The fraction of sp³-hybridized carbons (Fsp3) is 0. The van der Waals surface area contributed by atoms with E-state index in [0.29, 0.717) is 8.83 Å². The third-order valence-corrected chi connectivity index (χ3v) is 3.62. The Morgan fingerprint density at radius 2 is 2.25 bits per heavy atom. The summed E-state index contributed by atoms with van der Waals surface area (Å²) in [4.78, 5) is 0. The minimum atomic E-state index is 0.357. The van der Waals surface area contributed by atoms with Gasteiger partial charge in [-0.25, -0.2) is 0 Å². The minimum Gasteiger partial charge on any atom is -0.164 e. The quantitative estimate of drug-likeness (QED) is 0.458. The second-order valence-corrected chi connectivity index (χ2v) is 4.57. The van der Waals surface area contributed by atoms with E-state index in [-0.39, 0.29) is 0 Å². The van der Waals surface area contributed by atoms with Crippen LogP contribution in [0.5, 0.6) is 0 Å². The Morgan fingerprint density at radius 3 is 2.50 bits per heavy atom. The average Bonchev–Trinajstić information content (AvgIpc) is 2.14. The summed E-state index contributed by atoms with van der Waals surface area (Å²) in [5.74, 6) is 0. The molecule has 1 heterocycles. The standard InChI is InChI=1S/C4H2Cl2SSi/c5-3-1-2-4(7-3)8-6/h1-2H. The molecule has 1 aromatic rings. The molecular weight excluding hydrogens is 179 g/mol. The van der Waals surface area contributed by atoms with Crippen LogP contribution in [-0.2, 0) is 0 Å². The lowest BCUT2D eigenvalue weighted by Gasteiger charge is -1.75. The molecule has 0 bridgehead atoms. The number of halogens is 2. The third-order valence-electron chi connectivity index (χ3n) is 0.666. The zero-order valence-electron chi connectivity index (χ0n) is 3.82. The SMILES string of the molecule is Cl[Si]c1ccc(Cl)s1. The van der Waals surface area contributed by atoms with E-state index in [4.69, 9.17) is 22.7 Å². The molecule has 0 aliphatic rings. The van der Waals surface area contributed by atoms with E-state index < -0.39 is 0 Å². The van der Waals surface area contributed by atoms with E-state index >= 15 is 0 Å². The highest BCUT2D eigenvalue weighted by atomic mass is 35.6. The lowest BCUT2D eigenvalue weighted by molar-refractivity contribution is 2.06. The van der Waals surface area contributed by atoms with Gasteiger partial charge in [-0.2, -0.15) is 11.1 Å². The van der Waals surface area contributed by atoms with Gasteiger partial charge in [0.25, 0.3) is 0 Å². The maximum Gasteiger partial charge on any atom is 0.222 e. The number of thiophene rings is 1. The van der Waals surface area contributed by atoms with Crippen LogP contribution in [0.2, 0.25) is 4.34 Å². The van der Waals surface area contributed by atoms with Crippen LogP contribution in [0.3, 0.4) is 0 Å². The van der Waals surface area contributed by atoms with Crippen molar-refractivity contribution >= 4 is 47.3 Å². The van der Waals surface area contributed by atoms with Gasteiger partial charge in [-0.3, -0.25) is 0 Å². The highest BCUT2D eigenvalue weighted by Gasteiger charge is 1.94. The maximum absolute atomic E-state index is 5.60. The van der Waals surface area contributed by atoms with E-state index in [1.54, 1.807) is 0 Å². The van der Waals surface area contributed by atoms with E-state index in [1.807, 2.05) is 12.1 Å². The van der Waals surface area contributed by atoms with Crippen molar-refractivity contribution in [1.29, 1.82) is 0 Å². The van der Waals surface area contributed by atoms with Crippen LogP contribution in [-0.4, -0.2) is 8.83 Å².